The minimum absolute atomic E-state index is 0.217. The van der Waals surface area contributed by atoms with Crippen molar-refractivity contribution in [3.63, 3.8) is 0 Å². The highest BCUT2D eigenvalue weighted by Crippen LogP contribution is 2.47. The Bertz CT molecular complexity index is 949. The van der Waals surface area contributed by atoms with Gasteiger partial charge in [-0.3, -0.25) is 10.3 Å². The topological polar surface area (TPSA) is 64.1 Å². The van der Waals surface area contributed by atoms with Gasteiger partial charge in [0.1, 0.15) is 5.75 Å². The van der Waals surface area contributed by atoms with Crippen molar-refractivity contribution in [1.82, 2.24) is 9.97 Å². The first kappa shape index (κ1) is 16.7. The predicted octanol–water partition coefficient (Wildman–Crippen LogP) is 5.18. The molecular weight excluding hydrogens is 346 g/mol. The highest BCUT2D eigenvalue weighted by Gasteiger charge is 2.40. The van der Waals surface area contributed by atoms with Crippen molar-refractivity contribution in [3.8, 4) is 16.2 Å². The number of hydrogen-bond donors (Lipinski definition) is 1. The summed E-state index contributed by atoms with van der Waals surface area (Å²) < 4.78 is 5.25. The maximum Gasteiger partial charge on any atom is 0.418 e. The molecule has 0 atom stereocenters. The fourth-order valence-corrected chi connectivity index (χ4v) is 3.72. The van der Waals surface area contributed by atoms with Gasteiger partial charge in [0.05, 0.1) is 10.6 Å². The van der Waals surface area contributed by atoms with Crippen molar-refractivity contribution in [3.05, 3.63) is 60.0 Å². The van der Waals surface area contributed by atoms with Crippen LogP contribution in [0.1, 0.15) is 31.2 Å². The highest BCUT2D eigenvalue weighted by molar-refractivity contribution is 7.19. The fraction of sp³-hybridized carbons (Fsp3) is 0.250. The number of rotatable bonds is 4. The second kappa shape index (κ2) is 6.53. The Balaban J connectivity index is 1.52. The van der Waals surface area contributed by atoms with Crippen LogP contribution < -0.4 is 10.1 Å². The number of aryl methyl sites for hydroxylation is 1. The summed E-state index contributed by atoms with van der Waals surface area (Å²) in [5.74, 6) is 0.495. The number of carbonyl (C=O) groups excluding carboxylic acids is 1. The van der Waals surface area contributed by atoms with Gasteiger partial charge in [0.25, 0.3) is 0 Å². The molecule has 0 bridgehead atoms. The number of pyridine rings is 1. The summed E-state index contributed by atoms with van der Waals surface area (Å²) in [6, 6.07) is 13.1. The summed E-state index contributed by atoms with van der Waals surface area (Å²) >= 11 is 1.44. The molecule has 1 aliphatic rings. The van der Waals surface area contributed by atoms with Crippen LogP contribution in [0, 0.1) is 6.92 Å². The third kappa shape index (κ3) is 3.46. The zero-order valence-corrected chi connectivity index (χ0v) is 15.5. The van der Waals surface area contributed by atoms with Gasteiger partial charge in [-0.1, -0.05) is 36.5 Å². The zero-order valence-electron chi connectivity index (χ0n) is 14.7. The van der Waals surface area contributed by atoms with Crippen molar-refractivity contribution in [2.45, 2.75) is 32.1 Å². The smallest absolute Gasteiger partial charge is 0.410 e. The Morgan fingerprint density at radius 3 is 2.73 bits per heavy atom. The summed E-state index contributed by atoms with van der Waals surface area (Å²) in [5, 5.41) is 3.23. The molecule has 26 heavy (non-hydrogen) atoms. The van der Waals surface area contributed by atoms with E-state index in [-0.39, 0.29) is 5.41 Å². The average molecular weight is 365 g/mol. The highest BCUT2D eigenvalue weighted by atomic mass is 32.1. The van der Waals surface area contributed by atoms with Gasteiger partial charge in [-0.25, -0.2) is 9.78 Å². The minimum Gasteiger partial charge on any atom is -0.410 e. The number of nitrogens with zero attached hydrogens (tertiary/aromatic N) is 2. The van der Waals surface area contributed by atoms with E-state index < -0.39 is 6.09 Å². The van der Waals surface area contributed by atoms with Gasteiger partial charge in [0, 0.05) is 17.3 Å². The van der Waals surface area contributed by atoms with E-state index in [4.69, 9.17) is 4.74 Å². The number of amides is 1. The lowest BCUT2D eigenvalue weighted by Gasteiger charge is -2.08. The van der Waals surface area contributed by atoms with Gasteiger partial charge >= 0.3 is 6.09 Å². The predicted molar refractivity (Wildman–Crippen MR) is 103 cm³/mol. The van der Waals surface area contributed by atoms with E-state index in [1.54, 1.807) is 12.1 Å². The van der Waals surface area contributed by atoms with E-state index in [0.29, 0.717) is 10.9 Å². The molecule has 2 heterocycles. The van der Waals surface area contributed by atoms with Crippen LogP contribution in [0.5, 0.6) is 5.75 Å². The first-order valence-electron chi connectivity index (χ1n) is 8.52. The molecule has 1 saturated carbocycles. The van der Waals surface area contributed by atoms with E-state index in [9.17, 15) is 4.79 Å². The third-order valence-electron chi connectivity index (χ3n) is 4.60. The molecule has 132 valence electrons. The van der Waals surface area contributed by atoms with E-state index in [2.05, 4.69) is 28.3 Å². The van der Waals surface area contributed by atoms with Gasteiger partial charge in [-0.05, 0) is 49.6 Å². The molecule has 0 spiro atoms. The van der Waals surface area contributed by atoms with E-state index in [1.165, 1.54) is 24.2 Å². The molecule has 1 aromatic carbocycles. The largest absolute Gasteiger partial charge is 0.418 e. The second-order valence-corrected chi connectivity index (χ2v) is 7.75. The number of nitrogens with one attached hydrogen (secondary N) is 1. The average Bonchev–Trinajstić information content (AvgIpc) is 3.29. The Kier molecular flexibility index (Phi) is 4.20. The third-order valence-corrected chi connectivity index (χ3v) is 5.72. The monoisotopic (exact) mass is 365 g/mol. The molecule has 0 saturated heterocycles. The van der Waals surface area contributed by atoms with Crippen LogP contribution in [-0.2, 0) is 5.41 Å². The van der Waals surface area contributed by atoms with Crippen LogP contribution in [0.25, 0.3) is 10.4 Å². The van der Waals surface area contributed by atoms with Crippen molar-refractivity contribution < 1.29 is 9.53 Å². The number of thiazole rings is 1. The van der Waals surface area contributed by atoms with E-state index in [0.717, 1.165) is 21.8 Å². The number of ether oxygens (including phenoxy) is 1. The number of benzene rings is 1. The lowest BCUT2D eigenvalue weighted by atomic mass is 10.0. The van der Waals surface area contributed by atoms with Crippen LogP contribution >= 0.6 is 11.3 Å². The standard InChI is InChI=1S/C20H19N3O2S/c1-13-17(14-8-11-21-16(12-14)20(2)9-10-20)26-18(22-13)23-19(24)25-15-6-4-3-5-7-15/h3-8,11-12H,9-10H2,1-2H3,(H,22,23,24). The van der Waals surface area contributed by atoms with Crippen LogP contribution in [0.3, 0.4) is 0 Å². The first-order valence-corrected chi connectivity index (χ1v) is 9.33. The number of aromatic nitrogens is 2. The molecule has 1 fully saturated rings. The zero-order chi connectivity index (χ0) is 18.1. The van der Waals surface area contributed by atoms with Gasteiger partial charge in [-0.15, -0.1) is 0 Å². The van der Waals surface area contributed by atoms with Gasteiger partial charge < -0.3 is 4.74 Å². The quantitative estimate of drug-likeness (QED) is 0.692. The maximum absolute atomic E-state index is 12.1. The Labute approximate surface area is 156 Å². The van der Waals surface area contributed by atoms with Crippen molar-refractivity contribution in [2.24, 2.45) is 0 Å². The Hall–Kier alpha value is -2.73. The SMILES string of the molecule is Cc1nc(NC(=O)Oc2ccccc2)sc1-c1ccnc(C2(C)CC2)c1. The molecule has 0 unspecified atom stereocenters. The molecule has 6 heteroatoms. The maximum atomic E-state index is 12.1. The number of hydrogen-bond acceptors (Lipinski definition) is 5. The second-order valence-electron chi connectivity index (χ2n) is 6.75. The van der Waals surface area contributed by atoms with Crippen LogP contribution in [0.15, 0.2) is 48.7 Å². The minimum atomic E-state index is -0.544. The van der Waals surface area contributed by atoms with Crippen molar-refractivity contribution in [1.29, 1.82) is 0 Å². The molecule has 4 rings (SSSR count). The van der Waals surface area contributed by atoms with Crippen LogP contribution in [0.4, 0.5) is 9.93 Å². The molecular formula is C20H19N3O2S. The van der Waals surface area contributed by atoms with Crippen molar-refractivity contribution in [2.75, 3.05) is 5.32 Å². The molecule has 0 aliphatic heterocycles. The summed E-state index contributed by atoms with van der Waals surface area (Å²) in [4.78, 5) is 22.1. The van der Waals surface area contributed by atoms with Gasteiger partial charge in [-0.2, -0.15) is 0 Å². The number of para-hydroxylation sites is 1. The Morgan fingerprint density at radius 1 is 1.23 bits per heavy atom. The van der Waals surface area contributed by atoms with E-state index in [1.807, 2.05) is 37.4 Å². The molecule has 2 aromatic heterocycles. The van der Waals surface area contributed by atoms with Gasteiger partial charge in [0.2, 0.25) is 0 Å². The van der Waals surface area contributed by atoms with Crippen LogP contribution in [0.2, 0.25) is 0 Å². The molecule has 0 radical (unpaired) electrons. The molecule has 3 aromatic rings. The lowest BCUT2D eigenvalue weighted by Crippen LogP contribution is -2.16. The van der Waals surface area contributed by atoms with E-state index >= 15 is 0 Å². The lowest BCUT2D eigenvalue weighted by molar-refractivity contribution is 0.215. The van der Waals surface area contributed by atoms with Gasteiger partial charge in [0.15, 0.2) is 5.13 Å². The first-order chi connectivity index (χ1) is 12.5. The molecule has 1 N–H and O–H groups in total. The summed E-state index contributed by atoms with van der Waals surface area (Å²) in [7, 11) is 0. The normalized spacial score (nSPS) is 14.7. The summed E-state index contributed by atoms with van der Waals surface area (Å²) in [6.45, 7) is 4.18. The van der Waals surface area contributed by atoms with Crippen molar-refractivity contribution >= 4 is 22.6 Å². The molecule has 1 aliphatic carbocycles. The summed E-state index contributed by atoms with van der Waals surface area (Å²) in [6.07, 6.45) is 3.67. The number of anilines is 1. The fourth-order valence-electron chi connectivity index (χ4n) is 2.77. The Morgan fingerprint density at radius 2 is 2.00 bits per heavy atom. The van der Waals surface area contributed by atoms with Crippen LogP contribution in [-0.4, -0.2) is 16.1 Å². The summed E-state index contributed by atoms with van der Waals surface area (Å²) in [5.41, 5.74) is 3.31. The molecule has 5 nitrogen and oxygen atoms in total. The number of carbonyl (C=O) groups is 1. The molecule has 1 amide bonds.